The van der Waals surface area contributed by atoms with Crippen molar-refractivity contribution in [1.29, 1.82) is 0 Å². The van der Waals surface area contributed by atoms with Gasteiger partial charge in [-0.3, -0.25) is 9.89 Å². The first-order valence-corrected chi connectivity index (χ1v) is 11.1. The third-order valence-electron chi connectivity index (χ3n) is 4.32. The molecule has 0 atom stereocenters. The highest BCUT2D eigenvalue weighted by atomic mass is 32.2. The quantitative estimate of drug-likeness (QED) is 0.328. The Morgan fingerprint density at radius 1 is 1.19 bits per heavy atom. The third kappa shape index (κ3) is 9.50. The number of unbranched alkanes of at least 4 members (excludes halogenated alkanes) is 1. The Hall–Kier alpha value is -1.18. The van der Waals surface area contributed by atoms with E-state index in [0.717, 1.165) is 77.0 Å². The molecule has 0 radical (unpaired) electrons. The maximum absolute atomic E-state index is 5.39. The van der Waals surface area contributed by atoms with Crippen molar-refractivity contribution in [3.05, 3.63) is 24.2 Å². The van der Waals surface area contributed by atoms with Gasteiger partial charge in [-0.1, -0.05) is 0 Å². The number of guanidine groups is 1. The summed E-state index contributed by atoms with van der Waals surface area (Å²) >= 11 is 1.91. The van der Waals surface area contributed by atoms with E-state index >= 15 is 0 Å². The molecule has 2 heterocycles. The molecule has 0 spiro atoms. The van der Waals surface area contributed by atoms with Crippen molar-refractivity contribution in [1.82, 2.24) is 15.5 Å². The maximum atomic E-state index is 5.39. The zero-order chi connectivity index (χ0) is 18.3. The molecule has 2 N–H and O–H groups in total. The number of thioether (sulfide) groups is 1. The number of aliphatic imine (C=N–C) groups is 1. The molecule has 2 rings (SSSR count). The standard InChI is InChI=1S/C19H34N4O2S/c1-26-17-3-2-8-20-19(22-10-7-18-6-4-14-25-18)21-9-5-11-23-12-15-24-16-13-23/h4,6,14H,2-3,5,7-13,15-17H2,1H3,(H2,20,21,22). The van der Waals surface area contributed by atoms with Gasteiger partial charge in [-0.15, -0.1) is 0 Å². The van der Waals surface area contributed by atoms with Gasteiger partial charge in [-0.25, -0.2) is 0 Å². The van der Waals surface area contributed by atoms with Gasteiger partial charge < -0.3 is 19.8 Å². The zero-order valence-corrected chi connectivity index (χ0v) is 16.9. The van der Waals surface area contributed by atoms with Gasteiger partial charge in [0.05, 0.1) is 19.5 Å². The molecule has 26 heavy (non-hydrogen) atoms. The predicted octanol–water partition coefficient (Wildman–Crippen LogP) is 2.22. The van der Waals surface area contributed by atoms with Crippen LogP contribution in [-0.2, 0) is 11.2 Å². The Bertz CT molecular complexity index is 476. The van der Waals surface area contributed by atoms with E-state index < -0.39 is 0 Å². The Morgan fingerprint density at radius 2 is 2.04 bits per heavy atom. The van der Waals surface area contributed by atoms with Crippen molar-refractivity contribution >= 4 is 17.7 Å². The Labute approximate surface area is 162 Å². The van der Waals surface area contributed by atoms with Crippen molar-refractivity contribution in [3.63, 3.8) is 0 Å². The first-order valence-electron chi connectivity index (χ1n) is 9.72. The maximum Gasteiger partial charge on any atom is 0.191 e. The number of nitrogens with zero attached hydrogens (tertiary/aromatic N) is 2. The van der Waals surface area contributed by atoms with E-state index in [1.807, 2.05) is 23.9 Å². The summed E-state index contributed by atoms with van der Waals surface area (Å²) in [5.41, 5.74) is 0. The van der Waals surface area contributed by atoms with Gasteiger partial charge in [-0.2, -0.15) is 11.8 Å². The summed E-state index contributed by atoms with van der Waals surface area (Å²) in [5, 5.41) is 6.89. The molecule has 0 aromatic carbocycles. The molecule has 1 aromatic rings. The first kappa shape index (κ1) is 21.1. The topological polar surface area (TPSA) is 62.0 Å². The minimum Gasteiger partial charge on any atom is -0.469 e. The normalized spacial score (nSPS) is 16.0. The largest absolute Gasteiger partial charge is 0.469 e. The highest BCUT2D eigenvalue weighted by Crippen LogP contribution is 2.01. The molecule has 0 bridgehead atoms. The molecule has 7 heteroatoms. The molecule has 1 saturated heterocycles. The van der Waals surface area contributed by atoms with E-state index in [2.05, 4.69) is 21.8 Å². The van der Waals surface area contributed by atoms with Gasteiger partial charge >= 0.3 is 0 Å². The van der Waals surface area contributed by atoms with Gasteiger partial charge in [0, 0.05) is 45.7 Å². The second kappa shape index (κ2) is 13.9. The lowest BCUT2D eigenvalue weighted by Crippen LogP contribution is -2.39. The fourth-order valence-corrected chi connectivity index (χ4v) is 3.31. The van der Waals surface area contributed by atoms with Crippen LogP contribution in [0.1, 0.15) is 25.0 Å². The van der Waals surface area contributed by atoms with Gasteiger partial charge in [0.2, 0.25) is 0 Å². The number of rotatable bonds is 12. The number of furan rings is 1. The second-order valence-corrected chi connectivity index (χ2v) is 7.41. The lowest BCUT2D eigenvalue weighted by Gasteiger charge is -2.26. The molecular weight excluding hydrogens is 348 g/mol. The van der Waals surface area contributed by atoms with Crippen LogP contribution < -0.4 is 10.6 Å². The molecule has 1 aromatic heterocycles. The van der Waals surface area contributed by atoms with E-state index in [4.69, 9.17) is 14.1 Å². The van der Waals surface area contributed by atoms with E-state index in [9.17, 15) is 0 Å². The summed E-state index contributed by atoms with van der Waals surface area (Å²) in [6, 6.07) is 3.94. The van der Waals surface area contributed by atoms with E-state index in [0.29, 0.717) is 0 Å². The molecule has 148 valence electrons. The number of hydrogen-bond donors (Lipinski definition) is 2. The molecular formula is C19H34N4O2S. The van der Waals surface area contributed by atoms with Crippen molar-refractivity contribution in [2.45, 2.75) is 25.7 Å². The average molecular weight is 383 g/mol. The van der Waals surface area contributed by atoms with Crippen LogP contribution in [0.2, 0.25) is 0 Å². The van der Waals surface area contributed by atoms with Crippen LogP contribution in [0.3, 0.4) is 0 Å². The molecule has 1 fully saturated rings. The monoisotopic (exact) mass is 382 g/mol. The summed E-state index contributed by atoms with van der Waals surface area (Å²) in [4.78, 5) is 7.20. The van der Waals surface area contributed by atoms with Crippen molar-refractivity contribution < 1.29 is 9.15 Å². The van der Waals surface area contributed by atoms with E-state index in [1.165, 1.54) is 18.6 Å². The van der Waals surface area contributed by atoms with Crippen LogP contribution in [0, 0.1) is 0 Å². The second-order valence-electron chi connectivity index (χ2n) is 6.42. The summed E-state index contributed by atoms with van der Waals surface area (Å²) in [6.45, 7) is 7.56. The number of morpholine rings is 1. The molecule has 6 nitrogen and oxygen atoms in total. The highest BCUT2D eigenvalue weighted by Gasteiger charge is 2.09. The van der Waals surface area contributed by atoms with Crippen LogP contribution in [0.5, 0.6) is 0 Å². The fourth-order valence-electron chi connectivity index (χ4n) is 2.82. The molecule has 0 aliphatic carbocycles. The van der Waals surface area contributed by atoms with Gasteiger partial charge in [0.25, 0.3) is 0 Å². The predicted molar refractivity (Wildman–Crippen MR) is 110 cm³/mol. The zero-order valence-electron chi connectivity index (χ0n) is 16.0. The molecule has 1 aliphatic rings. The summed E-state index contributed by atoms with van der Waals surface area (Å²) < 4.78 is 10.8. The SMILES string of the molecule is CSCCCCNC(=NCCCN1CCOCC1)NCCc1ccco1. The lowest BCUT2D eigenvalue weighted by molar-refractivity contribution is 0.0377. The molecule has 1 aliphatic heterocycles. The van der Waals surface area contributed by atoms with Crippen molar-refractivity contribution in [2.24, 2.45) is 4.99 Å². The van der Waals surface area contributed by atoms with Crippen molar-refractivity contribution in [2.75, 3.05) is 64.5 Å². The summed E-state index contributed by atoms with van der Waals surface area (Å²) in [6.07, 6.45) is 8.24. The van der Waals surface area contributed by atoms with Gasteiger partial charge in [0.1, 0.15) is 5.76 Å². The van der Waals surface area contributed by atoms with Crippen LogP contribution in [0.25, 0.3) is 0 Å². The highest BCUT2D eigenvalue weighted by molar-refractivity contribution is 7.98. The molecule has 0 saturated carbocycles. The smallest absolute Gasteiger partial charge is 0.191 e. The van der Waals surface area contributed by atoms with E-state index in [-0.39, 0.29) is 0 Å². The lowest BCUT2D eigenvalue weighted by atomic mass is 10.3. The minimum absolute atomic E-state index is 0.827. The number of nitrogens with one attached hydrogen (secondary N) is 2. The van der Waals surface area contributed by atoms with Crippen LogP contribution >= 0.6 is 11.8 Å². The van der Waals surface area contributed by atoms with Crippen molar-refractivity contribution in [3.8, 4) is 0 Å². The molecule has 0 unspecified atom stereocenters. The Balaban J connectivity index is 1.66. The van der Waals surface area contributed by atoms with E-state index in [1.54, 1.807) is 6.26 Å². The van der Waals surface area contributed by atoms with Crippen LogP contribution in [-0.4, -0.2) is 75.4 Å². The van der Waals surface area contributed by atoms with Crippen LogP contribution in [0.4, 0.5) is 0 Å². The first-order chi connectivity index (χ1) is 12.9. The Kier molecular flexibility index (Phi) is 11.3. The van der Waals surface area contributed by atoms with Gasteiger partial charge in [0.15, 0.2) is 5.96 Å². The minimum atomic E-state index is 0.827. The third-order valence-corrected chi connectivity index (χ3v) is 5.01. The number of hydrogen-bond acceptors (Lipinski definition) is 5. The van der Waals surface area contributed by atoms with Gasteiger partial charge in [-0.05, 0) is 43.4 Å². The summed E-state index contributed by atoms with van der Waals surface area (Å²) in [5.74, 6) is 3.14. The van der Waals surface area contributed by atoms with Crippen LogP contribution in [0.15, 0.2) is 27.8 Å². The summed E-state index contributed by atoms with van der Waals surface area (Å²) in [7, 11) is 0. The Morgan fingerprint density at radius 3 is 2.81 bits per heavy atom. The fraction of sp³-hybridized carbons (Fsp3) is 0.737. The number of ether oxygens (including phenoxy) is 1. The average Bonchev–Trinajstić information content (AvgIpc) is 3.19. The molecule has 0 amide bonds.